The van der Waals surface area contributed by atoms with Gasteiger partial charge in [0.05, 0.1) is 12.2 Å². The third-order valence-corrected chi connectivity index (χ3v) is 5.32. The van der Waals surface area contributed by atoms with E-state index in [0.29, 0.717) is 22.4 Å². The van der Waals surface area contributed by atoms with E-state index in [2.05, 4.69) is 9.71 Å². The summed E-state index contributed by atoms with van der Waals surface area (Å²) in [6.45, 7) is 3.72. The molecular formula is C19H18N2O4S. The van der Waals surface area contributed by atoms with E-state index in [1.54, 1.807) is 62.4 Å². The van der Waals surface area contributed by atoms with Gasteiger partial charge in [-0.05, 0) is 37.6 Å². The van der Waals surface area contributed by atoms with Crippen LogP contribution in [0.4, 0.5) is 5.69 Å². The van der Waals surface area contributed by atoms with E-state index in [1.807, 2.05) is 6.07 Å². The maximum Gasteiger partial charge on any atom is 0.338 e. The summed E-state index contributed by atoms with van der Waals surface area (Å²) in [6.07, 6.45) is 0. The van der Waals surface area contributed by atoms with Gasteiger partial charge < -0.3 is 10.1 Å². The van der Waals surface area contributed by atoms with Gasteiger partial charge in [0.2, 0.25) is 0 Å². The molecule has 2 aromatic rings. The minimum atomic E-state index is -3.78. The molecule has 0 saturated heterocycles. The molecule has 1 aliphatic heterocycles. The number of hydrogen-bond donors (Lipinski definition) is 1. The molecule has 26 heavy (non-hydrogen) atoms. The first-order valence-electron chi connectivity index (χ1n) is 8.08. The summed E-state index contributed by atoms with van der Waals surface area (Å²) in [7, 11) is -3.78. The van der Waals surface area contributed by atoms with Crippen LogP contribution in [0.15, 0.2) is 64.6 Å². The van der Waals surface area contributed by atoms with Crippen LogP contribution in [0.2, 0.25) is 0 Å². The fourth-order valence-electron chi connectivity index (χ4n) is 2.68. The van der Waals surface area contributed by atoms with Gasteiger partial charge in [-0.25, -0.2) is 4.79 Å². The number of nitrogens with one attached hydrogen (secondary N) is 1. The number of hydrogen-bond acceptors (Lipinski definition) is 5. The third kappa shape index (κ3) is 3.52. The number of amidine groups is 1. The Kier molecular flexibility index (Phi) is 4.90. The van der Waals surface area contributed by atoms with Crippen molar-refractivity contribution in [1.82, 2.24) is 0 Å². The molecule has 0 fully saturated rings. The van der Waals surface area contributed by atoms with Gasteiger partial charge in [0.15, 0.2) is 0 Å². The number of nitrogens with zero attached hydrogens (tertiary/aromatic N) is 1. The molecule has 1 N–H and O–H groups in total. The van der Waals surface area contributed by atoms with Crippen molar-refractivity contribution in [2.75, 3.05) is 11.9 Å². The van der Waals surface area contributed by atoms with Crippen LogP contribution in [0.3, 0.4) is 0 Å². The zero-order chi connectivity index (χ0) is 18.7. The molecule has 0 aromatic heterocycles. The molecule has 0 aliphatic carbocycles. The van der Waals surface area contributed by atoms with Gasteiger partial charge in [0, 0.05) is 11.3 Å². The molecule has 0 unspecified atom stereocenters. The van der Waals surface area contributed by atoms with Crippen LogP contribution in [0, 0.1) is 0 Å². The van der Waals surface area contributed by atoms with Crippen molar-refractivity contribution < 1.29 is 17.9 Å². The summed E-state index contributed by atoms with van der Waals surface area (Å²) in [5.41, 5.74) is 2.05. The van der Waals surface area contributed by atoms with E-state index in [1.165, 1.54) is 0 Å². The van der Waals surface area contributed by atoms with Crippen molar-refractivity contribution in [2.24, 2.45) is 4.40 Å². The maximum atomic E-state index is 12.5. The second-order valence-electron chi connectivity index (χ2n) is 5.66. The van der Waals surface area contributed by atoms with E-state index < -0.39 is 16.0 Å². The number of rotatable bonds is 4. The van der Waals surface area contributed by atoms with Crippen molar-refractivity contribution in [3.05, 3.63) is 71.3 Å². The minimum Gasteiger partial charge on any atom is -0.462 e. The van der Waals surface area contributed by atoms with Crippen LogP contribution >= 0.6 is 0 Å². The fraction of sp³-hybridized carbons (Fsp3) is 0.158. The molecular weight excluding hydrogens is 352 g/mol. The lowest BCUT2D eigenvalue weighted by Gasteiger charge is -2.09. The molecule has 0 amide bonds. The van der Waals surface area contributed by atoms with Gasteiger partial charge in [-0.1, -0.05) is 36.4 Å². The van der Waals surface area contributed by atoms with E-state index in [9.17, 15) is 13.2 Å². The van der Waals surface area contributed by atoms with Gasteiger partial charge in [-0.3, -0.25) is 0 Å². The van der Waals surface area contributed by atoms with Crippen LogP contribution < -0.4 is 5.32 Å². The monoisotopic (exact) mass is 370 g/mol. The Balaban J connectivity index is 1.93. The van der Waals surface area contributed by atoms with Crippen molar-refractivity contribution in [3.63, 3.8) is 0 Å². The summed E-state index contributed by atoms with van der Waals surface area (Å²) in [5.74, 6) is -0.195. The number of esters is 1. The Bertz CT molecular complexity index is 1010. The Hall–Kier alpha value is -2.93. The molecule has 1 heterocycles. The van der Waals surface area contributed by atoms with E-state index in [4.69, 9.17) is 4.74 Å². The lowest BCUT2D eigenvalue weighted by Crippen LogP contribution is -2.12. The topological polar surface area (TPSA) is 84.8 Å². The Morgan fingerprint density at radius 3 is 2.54 bits per heavy atom. The normalized spacial score (nSPS) is 15.5. The smallest absolute Gasteiger partial charge is 0.338 e. The molecule has 0 spiro atoms. The van der Waals surface area contributed by atoms with Crippen LogP contribution in [-0.4, -0.2) is 26.8 Å². The number of carbonyl (C=O) groups is 1. The summed E-state index contributed by atoms with van der Waals surface area (Å²) >= 11 is 0. The summed E-state index contributed by atoms with van der Waals surface area (Å²) in [4.78, 5) is 12.0. The van der Waals surface area contributed by atoms with Crippen LogP contribution in [-0.2, 0) is 14.8 Å². The highest BCUT2D eigenvalue weighted by molar-refractivity contribution is 8.00. The highest BCUT2D eigenvalue weighted by Crippen LogP contribution is 2.32. The third-order valence-electron chi connectivity index (χ3n) is 3.84. The van der Waals surface area contributed by atoms with Gasteiger partial charge in [0.25, 0.3) is 10.0 Å². The predicted molar refractivity (Wildman–Crippen MR) is 101 cm³/mol. The Morgan fingerprint density at radius 1 is 1.12 bits per heavy atom. The number of sulfonamides is 1. The fourth-order valence-corrected chi connectivity index (χ4v) is 4.11. The largest absolute Gasteiger partial charge is 0.462 e. The van der Waals surface area contributed by atoms with Crippen molar-refractivity contribution in [3.8, 4) is 0 Å². The molecule has 134 valence electrons. The van der Waals surface area contributed by atoms with E-state index in [0.717, 1.165) is 0 Å². The molecule has 0 radical (unpaired) electrons. The molecule has 6 nitrogen and oxygen atoms in total. The average Bonchev–Trinajstić information content (AvgIpc) is 2.84. The summed E-state index contributed by atoms with van der Waals surface area (Å²) in [5, 5.41) is 2.99. The molecule has 2 aromatic carbocycles. The van der Waals surface area contributed by atoms with Crippen LogP contribution in [0.25, 0.3) is 4.91 Å². The quantitative estimate of drug-likeness (QED) is 0.833. The Morgan fingerprint density at radius 2 is 1.85 bits per heavy atom. The standard InChI is InChI=1S/C19H18N2O4S/c1-3-25-19(22)15-10-7-11-16(12-15)20-18-13(2)17(26(23,24)21-18)14-8-5-4-6-9-14/h4-12H,3H2,1-2H3,(H,20,21). The van der Waals surface area contributed by atoms with E-state index in [-0.39, 0.29) is 17.3 Å². The maximum absolute atomic E-state index is 12.5. The zero-order valence-electron chi connectivity index (χ0n) is 14.4. The molecule has 1 aliphatic rings. The minimum absolute atomic E-state index is 0.183. The Labute approximate surface area is 152 Å². The number of carbonyl (C=O) groups excluding carboxylic acids is 1. The molecule has 7 heteroatoms. The van der Waals surface area contributed by atoms with Crippen LogP contribution in [0.5, 0.6) is 0 Å². The molecule has 0 bridgehead atoms. The van der Waals surface area contributed by atoms with E-state index >= 15 is 0 Å². The first-order chi connectivity index (χ1) is 12.4. The molecule has 0 atom stereocenters. The van der Waals surface area contributed by atoms with Gasteiger partial charge >= 0.3 is 5.97 Å². The van der Waals surface area contributed by atoms with Gasteiger partial charge in [-0.15, -0.1) is 4.40 Å². The molecule has 0 saturated carbocycles. The lowest BCUT2D eigenvalue weighted by atomic mass is 10.1. The zero-order valence-corrected chi connectivity index (χ0v) is 15.2. The second kappa shape index (κ2) is 7.13. The average molecular weight is 370 g/mol. The number of anilines is 1. The summed E-state index contributed by atoms with van der Waals surface area (Å²) in [6, 6.07) is 15.5. The number of ether oxygens (including phenoxy) is 1. The second-order valence-corrected chi connectivity index (χ2v) is 7.20. The highest BCUT2D eigenvalue weighted by Gasteiger charge is 2.30. The van der Waals surface area contributed by atoms with Crippen LogP contribution in [0.1, 0.15) is 29.8 Å². The van der Waals surface area contributed by atoms with Crippen molar-refractivity contribution in [1.29, 1.82) is 0 Å². The first kappa shape index (κ1) is 17.9. The first-order valence-corrected chi connectivity index (χ1v) is 9.52. The molecule has 3 rings (SSSR count). The van der Waals surface area contributed by atoms with Gasteiger partial charge in [0.1, 0.15) is 10.7 Å². The summed E-state index contributed by atoms with van der Waals surface area (Å²) < 4.78 is 33.8. The van der Waals surface area contributed by atoms with Gasteiger partial charge in [-0.2, -0.15) is 8.42 Å². The lowest BCUT2D eigenvalue weighted by molar-refractivity contribution is 0.0526. The number of benzene rings is 2. The van der Waals surface area contributed by atoms with Crippen molar-refractivity contribution >= 4 is 32.4 Å². The SMILES string of the molecule is CCOC(=O)c1cccc(NC2=NS(=O)(=O)C(c3ccccc3)=C2C)c1. The van der Waals surface area contributed by atoms with Crippen molar-refractivity contribution in [2.45, 2.75) is 13.8 Å². The highest BCUT2D eigenvalue weighted by atomic mass is 32.2. The predicted octanol–water partition coefficient (Wildman–Crippen LogP) is 3.45.